The van der Waals surface area contributed by atoms with Crippen LogP contribution in [0.5, 0.6) is 0 Å². The summed E-state index contributed by atoms with van der Waals surface area (Å²) in [6.07, 6.45) is 3.26. The van der Waals surface area contributed by atoms with E-state index in [1.165, 1.54) is 6.42 Å². The quantitative estimate of drug-likeness (QED) is 0.533. The Morgan fingerprint density at radius 3 is 2.32 bits per heavy atom. The van der Waals surface area contributed by atoms with Gasteiger partial charge in [-0.3, -0.25) is 4.79 Å². The summed E-state index contributed by atoms with van der Waals surface area (Å²) >= 11 is 0. The van der Waals surface area contributed by atoms with E-state index in [1.807, 2.05) is 47.4 Å². The minimum atomic E-state index is 0.0746. The molecule has 0 aromatic heterocycles. The van der Waals surface area contributed by atoms with Crippen molar-refractivity contribution in [1.82, 2.24) is 4.90 Å². The lowest BCUT2D eigenvalue weighted by atomic mass is 9.93. The van der Waals surface area contributed by atoms with Crippen LogP contribution in [0.25, 0.3) is 11.1 Å². The topological polar surface area (TPSA) is 52.9 Å². The molecule has 0 bridgehead atoms. The Balaban J connectivity index is 1.87. The molecule has 4 nitrogen and oxygen atoms in total. The van der Waals surface area contributed by atoms with Crippen LogP contribution in [0.1, 0.15) is 54.6 Å². The molecule has 2 atom stereocenters. The van der Waals surface area contributed by atoms with Gasteiger partial charge in [0.2, 0.25) is 0 Å². The first-order valence-electron chi connectivity index (χ1n) is 8.91. The van der Waals surface area contributed by atoms with Gasteiger partial charge in [0, 0.05) is 34.3 Å². The van der Waals surface area contributed by atoms with Crippen molar-refractivity contribution in [3.05, 3.63) is 59.2 Å². The van der Waals surface area contributed by atoms with E-state index >= 15 is 0 Å². The summed E-state index contributed by atoms with van der Waals surface area (Å²) in [4.78, 5) is 15.4. The number of hydrogen-bond donors (Lipinski definition) is 1. The van der Waals surface area contributed by atoms with E-state index in [-0.39, 0.29) is 18.0 Å². The smallest absolute Gasteiger partial charge is 0.254 e. The number of rotatable bonds is 1. The van der Waals surface area contributed by atoms with Crippen LogP contribution in [0.15, 0.2) is 47.6 Å². The van der Waals surface area contributed by atoms with Crippen LogP contribution in [-0.4, -0.2) is 33.8 Å². The van der Waals surface area contributed by atoms with E-state index in [4.69, 9.17) is 0 Å². The van der Waals surface area contributed by atoms with Crippen molar-refractivity contribution in [1.29, 1.82) is 0 Å². The molecule has 0 unspecified atom stereocenters. The first-order valence-corrected chi connectivity index (χ1v) is 8.91. The van der Waals surface area contributed by atoms with Crippen LogP contribution in [0.2, 0.25) is 0 Å². The van der Waals surface area contributed by atoms with Crippen LogP contribution in [0.4, 0.5) is 0 Å². The summed E-state index contributed by atoms with van der Waals surface area (Å²) in [6, 6.07) is 14.0. The first-order chi connectivity index (χ1) is 12.1. The Morgan fingerprint density at radius 1 is 1.00 bits per heavy atom. The summed E-state index contributed by atoms with van der Waals surface area (Å²) < 4.78 is 0. The second-order valence-corrected chi connectivity index (χ2v) is 7.06. The van der Waals surface area contributed by atoms with Crippen molar-refractivity contribution in [3.63, 3.8) is 0 Å². The molecule has 1 aliphatic heterocycles. The molecule has 1 saturated heterocycles. The molecule has 1 N–H and O–H groups in total. The maximum Gasteiger partial charge on any atom is 0.254 e. The fourth-order valence-electron chi connectivity index (χ4n) is 4.34. The van der Waals surface area contributed by atoms with E-state index in [0.29, 0.717) is 11.3 Å². The lowest BCUT2D eigenvalue weighted by Gasteiger charge is -2.39. The number of amides is 1. The molecule has 0 saturated carbocycles. The van der Waals surface area contributed by atoms with Gasteiger partial charge in [-0.1, -0.05) is 41.6 Å². The van der Waals surface area contributed by atoms with Gasteiger partial charge in [0.05, 0.1) is 0 Å². The summed E-state index contributed by atoms with van der Waals surface area (Å²) in [5.74, 6) is 0.0746. The van der Waals surface area contributed by atoms with Crippen LogP contribution < -0.4 is 0 Å². The Morgan fingerprint density at radius 2 is 1.64 bits per heavy atom. The predicted octanol–water partition coefficient (Wildman–Crippen LogP) is 4.30. The number of carbonyl (C=O) groups is 1. The third-order valence-electron chi connectivity index (χ3n) is 5.53. The average molecular weight is 334 g/mol. The molecule has 2 aliphatic rings. The highest BCUT2D eigenvalue weighted by Crippen LogP contribution is 2.40. The van der Waals surface area contributed by atoms with E-state index in [1.54, 1.807) is 0 Å². The van der Waals surface area contributed by atoms with Crippen molar-refractivity contribution < 1.29 is 10.0 Å². The predicted molar refractivity (Wildman–Crippen MR) is 98.2 cm³/mol. The molecular weight excluding hydrogens is 312 g/mol. The Bertz CT molecular complexity index is 862. The van der Waals surface area contributed by atoms with E-state index in [9.17, 15) is 10.0 Å². The second-order valence-electron chi connectivity index (χ2n) is 7.06. The summed E-state index contributed by atoms with van der Waals surface area (Å²) in [5, 5.41) is 13.0. The maximum absolute atomic E-state index is 13.4. The largest absolute Gasteiger partial charge is 0.410 e. The number of oxime groups is 1. The zero-order chi connectivity index (χ0) is 17.6. The third-order valence-corrected chi connectivity index (χ3v) is 5.53. The molecule has 4 heteroatoms. The first kappa shape index (κ1) is 15.9. The number of nitrogens with zero attached hydrogens (tertiary/aromatic N) is 2. The van der Waals surface area contributed by atoms with Gasteiger partial charge in [0.1, 0.15) is 5.71 Å². The van der Waals surface area contributed by atoms with Gasteiger partial charge in [-0.05, 0) is 44.7 Å². The van der Waals surface area contributed by atoms with Crippen molar-refractivity contribution >= 4 is 11.6 Å². The molecule has 0 spiro atoms. The number of piperidine rings is 1. The number of carbonyl (C=O) groups excluding carboxylic acids is 1. The van der Waals surface area contributed by atoms with Gasteiger partial charge in [-0.15, -0.1) is 0 Å². The van der Waals surface area contributed by atoms with Crippen LogP contribution in [0, 0.1) is 0 Å². The second kappa shape index (κ2) is 6.03. The molecule has 2 aromatic carbocycles. The third kappa shape index (κ3) is 2.36. The van der Waals surface area contributed by atoms with E-state index in [0.717, 1.165) is 35.1 Å². The normalized spacial score (nSPS) is 23.4. The molecule has 128 valence electrons. The van der Waals surface area contributed by atoms with Gasteiger partial charge in [-0.2, -0.15) is 0 Å². The minimum absolute atomic E-state index is 0.0746. The Kier molecular flexibility index (Phi) is 3.83. The van der Waals surface area contributed by atoms with Crippen molar-refractivity contribution in [2.24, 2.45) is 5.16 Å². The zero-order valence-corrected chi connectivity index (χ0v) is 14.6. The van der Waals surface area contributed by atoms with Crippen molar-refractivity contribution in [2.45, 2.75) is 45.2 Å². The molecule has 4 rings (SSSR count). The number of hydrogen-bond acceptors (Lipinski definition) is 3. The summed E-state index contributed by atoms with van der Waals surface area (Å²) in [5.41, 5.74) is 4.79. The average Bonchev–Trinajstić information content (AvgIpc) is 2.95. The van der Waals surface area contributed by atoms with E-state index < -0.39 is 0 Å². The monoisotopic (exact) mass is 334 g/mol. The van der Waals surface area contributed by atoms with Gasteiger partial charge in [0.25, 0.3) is 5.91 Å². The molecular formula is C21H22N2O2. The van der Waals surface area contributed by atoms with E-state index in [2.05, 4.69) is 19.0 Å². The summed E-state index contributed by atoms with van der Waals surface area (Å²) in [7, 11) is 0. The van der Waals surface area contributed by atoms with Gasteiger partial charge in [-0.25, -0.2) is 0 Å². The minimum Gasteiger partial charge on any atom is -0.410 e. The number of fused-ring (bicyclic) bond motifs is 3. The van der Waals surface area contributed by atoms with Gasteiger partial charge in [0.15, 0.2) is 0 Å². The molecule has 0 radical (unpaired) electrons. The lowest BCUT2D eigenvalue weighted by Crippen LogP contribution is -2.47. The highest BCUT2D eigenvalue weighted by atomic mass is 16.4. The summed E-state index contributed by atoms with van der Waals surface area (Å²) in [6.45, 7) is 4.26. The standard InChI is InChI=1S/C21H22N2O2/c1-13-7-5-8-14(2)23(13)21(24)18-12-6-11-17-19(18)15-9-3-4-10-16(15)20(17)22-25/h3-4,6,9-14,25H,5,7-8H2,1-2H3/b22-20+/t13-,14-/m1/s1. The fourth-order valence-corrected chi connectivity index (χ4v) is 4.34. The lowest BCUT2D eigenvalue weighted by molar-refractivity contribution is 0.0511. The van der Waals surface area contributed by atoms with Gasteiger partial charge >= 0.3 is 0 Å². The molecule has 25 heavy (non-hydrogen) atoms. The maximum atomic E-state index is 13.4. The Labute approximate surface area is 147 Å². The van der Waals surface area contributed by atoms with Crippen LogP contribution >= 0.6 is 0 Å². The molecule has 1 amide bonds. The molecule has 1 fully saturated rings. The van der Waals surface area contributed by atoms with Gasteiger partial charge < -0.3 is 10.1 Å². The molecule has 1 aliphatic carbocycles. The zero-order valence-electron chi connectivity index (χ0n) is 14.6. The highest BCUT2D eigenvalue weighted by molar-refractivity contribution is 6.26. The van der Waals surface area contributed by atoms with Crippen LogP contribution in [-0.2, 0) is 0 Å². The van der Waals surface area contributed by atoms with Crippen LogP contribution in [0.3, 0.4) is 0 Å². The molecule has 2 aromatic rings. The number of likely N-dealkylation sites (tertiary alicyclic amines) is 1. The fraction of sp³-hybridized carbons (Fsp3) is 0.333. The number of benzene rings is 2. The SMILES string of the molecule is C[C@@H]1CCC[C@@H](C)N1C(=O)c1cccc2c1-c1ccccc1/C2=N\O. The van der Waals surface area contributed by atoms with Crippen molar-refractivity contribution in [3.8, 4) is 11.1 Å². The van der Waals surface area contributed by atoms with Crippen molar-refractivity contribution in [2.75, 3.05) is 0 Å². The highest BCUT2D eigenvalue weighted by Gasteiger charge is 2.34. The Hall–Kier alpha value is -2.62. The molecule has 1 heterocycles.